The van der Waals surface area contributed by atoms with Crippen molar-refractivity contribution >= 4 is 11.7 Å². The summed E-state index contributed by atoms with van der Waals surface area (Å²) in [6, 6.07) is 9.09. The Morgan fingerprint density at radius 3 is 2.63 bits per heavy atom. The number of rotatable bonds is 4. The average Bonchev–Trinajstić information content (AvgIpc) is 2.45. The highest BCUT2D eigenvalue weighted by atomic mass is 16.2. The molecule has 2 unspecified atom stereocenters. The van der Waals surface area contributed by atoms with Crippen molar-refractivity contribution in [2.75, 3.05) is 6.54 Å². The third-order valence-corrected chi connectivity index (χ3v) is 3.83. The Labute approximate surface area is 114 Å². The Morgan fingerprint density at radius 2 is 1.95 bits per heavy atom. The van der Waals surface area contributed by atoms with Gasteiger partial charge in [-0.2, -0.15) is 0 Å². The van der Waals surface area contributed by atoms with Crippen LogP contribution in [0.3, 0.4) is 0 Å². The van der Waals surface area contributed by atoms with E-state index in [4.69, 9.17) is 0 Å². The maximum atomic E-state index is 12.0. The van der Waals surface area contributed by atoms with E-state index in [0.29, 0.717) is 11.5 Å². The molecular formula is C16H21NO2. The van der Waals surface area contributed by atoms with Crippen LogP contribution in [0.2, 0.25) is 0 Å². The Balaban J connectivity index is 1.82. The second-order valence-electron chi connectivity index (χ2n) is 5.48. The molecule has 1 aliphatic carbocycles. The van der Waals surface area contributed by atoms with Gasteiger partial charge in [-0.1, -0.05) is 50.1 Å². The molecule has 0 aromatic heterocycles. The number of amides is 1. The van der Waals surface area contributed by atoms with Crippen LogP contribution in [0.25, 0.3) is 0 Å². The molecule has 1 N–H and O–H groups in total. The lowest BCUT2D eigenvalue weighted by Gasteiger charge is -2.25. The number of nitrogens with one attached hydrogen (secondary N) is 1. The summed E-state index contributed by atoms with van der Waals surface area (Å²) < 4.78 is 0. The van der Waals surface area contributed by atoms with Crippen molar-refractivity contribution in [2.45, 2.75) is 32.6 Å². The third kappa shape index (κ3) is 3.91. The van der Waals surface area contributed by atoms with E-state index in [1.807, 2.05) is 18.2 Å². The van der Waals surface area contributed by atoms with Gasteiger partial charge >= 0.3 is 0 Å². The predicted molar refractivity (Wildman–Crippen MR) is 74.9 cm³/mol. The highest BCUT2D eigenvalue weighted by Gasteiger charge is 2.25. The van der Waals surface area contributed by atoms with E-state index in [1.54, 1.807) is 12.1 Å². The normalized spacial score (nSPS) is 22.8. The molecule has 0 aliphatic heterocycles. The molecule has 1 fully saturated rings. The number of ketones is 1. The highest BCUT2D eigenvalue weighted by Crippen LogP contribution is 2.28. The lowest BCUT2D eigenvalue weighted by atomic mass is 9.82. The van der Waals surface area contributed by atoms with E-state index in [2.05, 4.69) is 12.2 Å². The van der Waals surface area contributed by atoms with Gasteiger partial charge in [-0.3, -0.25) is 9.59 Å². The van der Waals surface area contributed by atoms with Gasteiger partial charge in [0.05, 0.1) is 6.54 Å². The van der Waals surface area contributed by atoms with Gasteiger partial charge in [0.1, 0.15) is 0 Å². The molecule has 2 atom stereocenters. The van der Waals surface area contributed by atoms with Gasteiger partial charge in [0.15, 0.2) is 5.78 Å². The minimum absolute atomic E-state index is 0.0298. The Kier molecular flexibility index (Phi) is 4.72. The maximum Gasteiger partial charge on any atom is 0.223 e. The number of Topliss-reactive ketones (excluding diaryl/α,β-unsaturated/α-hetero) is 1. The van der Waals surface area contributed by atoms with Crippen molar-refractivity contribution in [3.05, 3.63) is 35.9 Å². The zero-order valence-electron chi connectivity index (χ0n) is 11.4. The van der Waals surface area contributed by atoms with Crippen molar-refractivity contribution in [2.24, 2.45) is 11.8 Å². The second-order valence-corrected chi connectivity index (χ2v) is 5.48. The first-order valence-electron chi connectivity index (χ1n) is 7.03. The van der Waals surface area contributed by atoms with E-state index in [1.165, 1.54) is 6.42 Å². The van der Waals surface area contributed by atoms with Crippen molar-refractivity contribution in [3.8, 4) is 0 Å². The molecule has 0 heterocycles. The van der Waals surface area contributed by atoms with Gasteiger partial charge in [-0.15, -0.1) is 0 Å². The van der Waals surface area contributed by atoms with Gasteiger partial charge in [0.25, 0.3) is 0 Å². The Bertz CT molecular complexity index is 441. The molecule has 1 aromatic rings. The predicted octanol–water partition coefficient (Wildman–Crippen LogP) is 2.81. The fourth-order valence-electron chi connectivity index (χ4n) is 2.71. The minimum Gasteiger partial charge on any atom is -0.348 e. The molecule has 3 heteroatoms. The Morgan fingerprint density at radius 1 is 1.21 bits per heavy atom. The third-order valence-electron chi connectivity index (χ3n) is 3.83. The molecular weight excluding hydrogens is 238 g/mol. The minimum atomic E-state index is -0.0298. The largest absolute Gasteiger partial charge is 0.348 e. The van der Waals surface area contributed by atoms with E-state index < -0.39 is 0 Å². The smallest absolute Gasteiger partial charge is 0.223 e. The highest BCUT2D eigenvalue weighted by molar-refractivity contribution is 5.99. The van der Waals surface area contributed by atoms with E-state index in [-0.39, 0.29) is 24.2 Å². The summed E-state index contributed by atoms with van der Waals surface area (Å²) in [6.07, 6.45) is 4.24. The molecule has 0 saturated heterocycles. The van der Waals surface area contributed by atoms with Crippen molar-refractivity contribution in [1.82, 2.24) is 5.32 Å². The summed E-state index contributed by atoms with van der Waals surface area (Å²) >= 11 is 0. The molecule has 102 valence electrons. The van der Waals surface area contributed by atoms with Gasteiger partial charge in [0.2, 0.25) is 5.91 Å². The summed E-state index contributed by atoms with van der Waals surface area (Å²) in [4.78, 5) is 23.9. The SMILES string of the molecule is CC1CCCC(C(=O)NCC(=O)c2ccccc2)C1. The first kappa shape index (κ1) is 13.8. The van der Waals surface area contributed by atoms with E-state index >= 15 is 0 Å². The zero-order valence-corrected chi connectivity index (χ0v) is 11.4. The number of hydrogen-bond donors (Lipinski definition) is 1. The van der Waals surface area contributed by atoms with Crippen LogP contribution in [0.5, 0.6) is 0 Å². The number of carbonyl (C=O) groups is 2. The molecule has 1 amide bonds. The first-order valence-corrected chi connectivity index (χ1v) is 7.03. The standard InChI is InChI=1S/C16H21NO2/c1-12-6-5-9-14(10-12)16(19)17-11-15(18)13-7-3-2-4-8-13/h2-4,7-8,12,14H,5-6,9-11H2,1H3,(H,17,19). The van der Waals surface area contributed by atoms with Crippen LogP contribution in [0.15, 0.2) is 30.3 Å². The molecule has 2 rings (SSSR count). The molecule has 0 bridgehead atoms. The molecule has 1 aromatic carbocycles. The molecule has 0 radical (unpaired) electrons. The van der Waals surface area contributed by atoms with E-state index in [0.717, 1.165) is 19.3 Å². The maximum absolute atomic E-state index is 12.0. The first-order chi connectivity index (χ1) is 9.16. The zero-order chi connectivity index (χ0) is 13.7. The van der Waals surface area contributed by atoms with Crippen molar-refractivity contribution in [3.63, 3.8) is 0 Å². The quantitative estimate of drug-likeness (QED) is 0.845. The average molecular weight is 259 g/mol. The van der Waals surface area contributed by atoms with Crippen LogP contribution in [0.4, 0.5) is 0 Å². The summed E-state index contributed by atoms with van der Waals surface area (Å²) in [5.74, 6) is 0.718. The number of carbonyl (C=O) groups excluding carboxylic acids is 2. The Hall–Kier alpha value is -1.64. The lowest BCUT2D eigenvalue weighted by molar-refractivity contribution is -0.126. The van der Waals surface area contributed by atoms with Crippen LogP contribution in [-0.4, -0.2) is 18.2 Å². The van der Waals surface area contributed by atoms with Gasteiger partial charge in [-0.05, 0) is 18.8 Å². The summed E-state index contributed by atoms with van der Waals surface area (Å²) in [5, 5.41) is 2.78. The van der Waals surface area contributed by atoms with Crippen molar-refractivity contribution < 1.29 is 9.59 Å². The number of benzene rings is 1. The summed E-state index contributed by atoms with van der Waals surface area (Å²) in [7, 11) is 0. The summed E-state index contributed by atoms with van der Waals surface area (Å²) in [6.45, 7) is 2.29. The molecule has 1 saturated carbocycles. The van der Waals surface area contributed by atoms with E-state index in [9.17, 15) is 9.59 Å². The van der Waals surface area contributed by atoms with Crippen LogP contribution in [0.1, 0.15) is 43.0 Å². The van der Waals surface area contributed by atoms with Gasteiger partial charge in [-0.25, -0.2) is 0 Å². The number of hydrogen-bond acceptors (Lipinski definition) is 2. The topological polar surface area (TPSA) is 46.2 Å². The molecule has 1 aliphatic rings. The van der Waals surface area contributed by atoms with Gasteiger partial charge in [0, 0.05) is 11.5 Å². The van der Waals surface area contributed by atoms with Crippen molar-refractivity contribution in [1.29, 1.82) is 0 Å². The van der Waals surface area contributed by atoms with Crippen LogP contribution < -0.4 is 5.32 Å². The monoisotopic (exact) mass is 259 g/mol. The fourth-order valence-corrected chi connectivity index (χ4v) is 2.71. The summed E-state index contributed by atoms with van der Waals surface area (Å²) in [5.41, 5.74) is 0.653. The molecule has 19 heavy (non-hydrogen) atoms. The van der Waals surface area contributed by atoms with Gasteiger partial charge < -0.3 is 5.32 Å². The van der Waals surface area contributed by atoms with Crippen LogP contribution in [0, 0.1) is 11.8 Å². The lowest BCUT2D eigenvalue weighted by Crippen LogP contribution is -2.36. The fraction of sp³-hybridized carbons (Fsp3) is 0.500. The molecule has 0 spiro atoms. The van der Waals surface area contributed by atoms with Crippen LogP contribution in [-0.2, 0) is 4.79 Å². The van der Waals surface area contributed by atoms with Crippen LogP contribution >= 0.6 is 0 Å². The second kappa shape index (κ2) is 6.50. The molecule has 3 nitrogen and oxygen atoms in total.